The molecule has 0 amide bonds. The van der Waals surface area contributed by atoms with E-state index in [0.717, 1.165) is 56.0 Å². The van der Waals surface area contributed by atoms with Crippen LogP contribution in [0.3, 0.4) is 0 Å². The predicted molar refractivity (Wildman–Crippen MR) is 224 cm³/mol. The molecule has 0 saturated carbocycles. The first-order chi connectivity index (χ1) is 27.7. The molecule has 0 bridgehead atoms. The summed E-state index contributed by atoms with van der Waals surface area (Å²) in [6, 6.07) is 70.3. The first-order valence-electron chi connectivity index (χ1n) is 18.9. The van der Waals surface area contributed by atoms with Crippen LogP contribution in [0.1, 0.15) is 22.3 Å². The van der Waals surface area contributed by atoms with Crippen LogP contribution in [0.2, 0.25) is 0 Å². The molecule has 1 aliphatic carbocycles. The zero-order valence-corrected chi connectivity index (χ0v) is 30.3. The smallest absolute Gasteiger partial charge is 0.164 e. The van der Waals surface area contributed by atoms with E-state index in [1.54, 1.807) is 0 Å². The summed E-state index contributed by atoms with van der Waals surface area (Å²) in [4.78, 5) is 14.7. The molecule has 0 unspecified atom stereocenters. The van der Waals surface area contributed by atoms with Crippen molar-refractivity contribution in [3.8, 4) is 79.0 Å². The van der Waals surface area contributed by atoms with Crippen LogP contribution >= 0.6 is 0 Å². The number of hydrogen-bond donors (Lipinski definition) is 0. The lowest BCUT2D eigenvalue weighted by molar-refractivity contribution is 0.436. The molecule has 4 nitrogen and oxygen atoms in total. The minimum absolute atomic E-state index is 0.489. The summed E-state index contributed by atoms with van der Waals surface area (Å²) in [5.74, 6) is 3.74. The number of hydrogen-bond acceptors (Lipinski definition) is 4. The van der Waals surface area contributed by atoms with Crippen molar-refractivity contribution in [2.75, 3.05) is 0 Å². The third kappa shape index (κ3) is 5.04. The van der Waals surface area contributed by atoms with Gasteiger partial charge < -0.3 is 4.74 Å². The Morgan fingerprint density at radius 2 is 0.661 bits per heavy atom. The van der Waals surface area contributed by atoms with Crippen LogP contribution < -0.4 is 4.74 Å². The van der Waals surface area contributed by atoms with Crippen molar-refractivity contribution >= 4 is 0 Å². The van der Waals surface area contributed by atoms with Crippen LogP contribution in [-0.2, 0) is 5.41 Å². The van der Waals surface area contributed by atoms with Gasteiger partial charge in [0.1, 0.15) is 11.5 Å². The average Bonchev–Trinajstić information content (AvgIpc) is 3.57. The lowest BCUT2D eigenvalue weighted by atomic mass is 9.66. The Morgan fingerprint density at radius 1 is 0.286 bits per heavy atom. The molecule has 9 aromatic rings. The summed E-state index contributed by atoms with van der Waals surface area (Å²) in [5, 5.41) is 0. The highest BCUT2D eigenvalue weighted by molar-refractivity contribution is 5.89. The molecule has 1 spiro atoms. The number of aromatic nitrogens is 3. The van der Waals surface area contributed by atoms with Crippen molar-refractivity contribution in [2.24, 2.45) is 0 Å². The largest absolute Gasteiger partial charge is 0.457 e. The van der Waals surface area contributed by atoms with E-state index in [1.165, 1.54) is 27.8 Å². The molecule has 0 fully saturated rings. The van der Waals surface area contributed by atoms with Crippen LogP contribution in [0.4, 0.5) is 0 Å². The van der Waals surface area contributed by atoms with Gasteiger partial charge in [0.2, 0.25) is 0 Å². The molecule has 4 heteroatoms. The fraction of sp³-hybridized carbons (Fsp3) is 0.0192. The Balaban J connectivity index is 0.950. The standard InChI is InChI=1S/C52H33N3O/c1-3-13-37(14-4-1)49-53-50(38-15-5-2-6-16-38)55-51(54-49)39-29-27-35(28-30-39)34-23-25-36(26-24-34)40-31-32-48-46(33-40)52(45-21-11-12-22-47(45)56-48)43-19-9-7-17-41(43)42-18-8-10-20-44(42)52/h1-33H. The van der Waals surface area contributed by atoms with Crippen LogP contribution in [0, 0.1) is 0 Å². The first-order valence-corrected chi connectivity index (χ1v) is 18.9. The van der Waals surface area contributed by atoms with Crippen LogP contribution in [-0.4, -0.2) is 15.0 Å². The van der Waals surface area contributed by atoms with Gasteiger partial charge in [0.25, 0.3) is 0 Å². The second kappa shape index (κ2) is 12.9. The second-order valence-electron chi connectivity index (χ2n) is 14.3. The number of ether oxygens (including phenoxy) is 1. The molecule has 1 aromatic heterocycles. The molecule has 11 rings (SSSR count). The number of rotatable bonds is 5. The topological polar surface area (TPSA) is 47.9 Å². The zero-order valence-electron chi connectivity index (χ0n) is 30.3. The van der Waals surface area contributed by atoms with Gasteiger partial charge in [-0.3, -0.25) is 0 Å². The van der Waals surface area contributed by atoms with E-state index in [4.69, 9.17) is 19.7 Å². The fourth-order valence-electron chi connectivity index (χ4n) is 8.64. The van der Waals surface area contributed by atoms with Gasteiger partial charge in [-0.05, 0) is 62.7 Å². The number of nitrogens with zero attached hydrogens (tertiary/aromatic N) is 3. The normalized spacial score (nSPS) is 12.9. The van der Waals surface area contributed by atoms with Gasteiger partial charge in [0.05, 0.1) is 5.41 Å². The van der Waals surface area contributed by atoms with E-state index in [0.29, 0.717) is 17.5 Å². The summed E-state index contributed by atoms with van der Waals surface area (Å²) in [5.41, 5.74) is 14.4. The maximum atomic E-state index is 6.65. The Hall–Kier alpha value is -7.43. The monoisotopic (exact) mass is 715 g/mol. The molecule has 2 aliphatic rings. The highest BCUT2D eigenvalue weighted by atomic mass is 16.5. The average molecular weight is 716 g/mol. The zero-order chi connectivity index (χ0) is 37.1. The van der Waals surface area contributed by atoms with Gasteiger partial charge in [0, 0.05) is 27.8 Å². The molecule has 0 saturated heterocycles. The molecule has 1 aliphatic heterocycles. The van der Waals surface area contributed by atoms with Gasteiger partial charge in [0.15, 0.2) is 17.5 Å². The third-order valence-corrected chi connectivity index (χ3v) is 11.2. The highest BCUT2D eigenvalue weighted by Gasteiger charge is 2.51. The SMILES string of the molecule is c1ccc(-c2nc(-c3ccccc3)nc(-c3ccc(-c4ccc(-c5ccc6c(c5)C5(c7ccccc7O6)c6ccccc6-c6ccccc65)cc4)cc3)n2)cc1. The fourth-order valence-corrected chi connectivity index (χ4v) is 8.64. The summed E-state index contributed by atoms with van der Waals surface area (Å²) in [6.07, 6.45) is 0. The Labute approximate surface area is 325 Å². The van der Waals surface area contributed by atoms with Crippen molar-refractivity contribution in [1.29, 1.82) is 0 Å². The van der Waals surface area contributed by atoms with Crippen molar-refractivity contribution in [3.63, 3.8) is 0 Å². The van der Waals surface area contributed by atoms with Crippen molar-refractivity contribution in [1.82, 2.24) is 15.0 Å². The first kappa shape index (κ1) is 32.0. The molecule has 262 valence electrons. The predicted octanol–water partition coefficient (Wildman–Crippen LogP) is 12.7. The Morgan fingerprint density at radius 3 is 1.20 bits per heavy atom. The van der Waals surface area contributed by atoms with Gasteiger partial charge in [-0.1, -0.05) is 182 Å². The van der Waals surface area contributed by atoms with Gasteiger partial charge in [-0.15, -0.1) is 0 Å². The molecule has 0 atom stereocenters. The number of fused-ring (bicyclic) bond motifs is 9. The van der Waals surface area contributed by atoms with Crippen molar-refractivity contribution in [2.45, 2.75) is 5.41 Å². The molecule has 8 aromatic carbocycles. The minimum atomic E-state index is -0.489. The van der Waals surface area contributed by atoms with E-state index >= 15 is 0 Å². The quantitative estimate of drug-likeness (QED) is 0.178. The number of para-hydroxylation sites is 1. The second-order valence-corrected chi connectivity index (χ2v) is 14.3. The van der Waals surface area contributed by atoms with Crippen molar-refractivity contribution in [3.05, 3.63) is 222 Å². The maximum absolute atomic E-state index is 6.65. The maximum Gasteiger partial charge on any atom is 0.164 e. The van der Waals surface area contributed by atoms with Crippen LogP contribution in [0.15, 0.2) is 200 Å². The summed E-state index contributed by atoms with van der Waals surface area (Å²) in [6.45, 7) is 0. The van der Waals surface area contributed by atoms with Gasteiger partial charge in [-0.2, -0.15) is 0 Å². The van der Waals surface area contributed by atoms with E-state index in [2.05, 4.69) is 140 Å². The molecule has 56 heavy (non-hydrogen) atoms. The van der Waals surface area contributed by atoms with E-state index in [9.17, 15) is 0 Å². The lowest BCUT2D eigenvalue weighted by Gasteiger charge is -2.39. The molecular weight excluding hydrogens is 683 g/mol. The molecule has 2 heterocycles. The lowest BCUT2D eigenvalue weighted by Crippen LogP contribution is -2.32. The Kier molecular flexibility index (Phi) is 7.36. The third-order valence-electron chi connectivity index (χ3n) is 11.2. The molecule has 0 radical (unpaired) electrons. The van der Waals surface area contributed by atoms with Crippen molar-refractivity contribution < 1.29 is 4.74 Å². The van der Waals surface area contributed by atoms with Gasteiger partial charge >= 0.3 is 0 Å². The summed E-state index contributed by atoms with van der Waals surface area (Å²) in [7, 11) is 0. The Bertz CT molecular complexity index is 2820. The van der Waals surface area contributed by atoms with E-state index < -0.39 is 5.41 Å². The summed E-state index contributed by atoms with van der Waals surface area (Å²) < 4.78 is 6.65. The van der Waals surface area contributed by atoms with Gasteiger partial charge in [-0.25, -0.2) is 15.0 Å². The molecule has 0 N–H and O–H groups in total. The van der Waals surface area contributed by atoms with E-state index in [1.807, 2.05) is 60.7 Å². The van der Waals surface area contributed by atoms with Crippen LogP contribution in [0.5, 0.6) is 11.5 Å². The highest BCUT2D eigenvalue weighted by Crippen LogP contribution is 2.62. The van der Waals surface area contributed by atoms with E-state index in [-0.39, 0.29) is 0 Å². The van der Waals surface area contributed by atoms with Crippen LogP contribution in [0.25, 0.3) is 67.5 Å². The molecular formula is C52H33N3O. The summed E-state index contributed by atoms with van der Waals surface area (Å²) >= 11 is 0. The minimum Gasteiger partial charge on any atom is -0.457 e. The number of benzene rings is 8.